The third kappa shape index (κ3) is 3.90. The number of benzene rings is 2. The second kappa shape index (κ2) is 7.97. The molecule has 0 atom stereocenters. The van der Waals surface area contributed by atoms with Crippen LogP contribution in [0.2, 0.25) is 0 Å². The molecule has 3 aromatic rings. The van der Waals surface area contributed by atoms with Gasteiger partial charge in [-0.05, 0) is 42.7 Å². The standard InChI is InChI=1S/C21H23FN2O/c1-3-4-11-19-21(18-10-5-6-12-20(18)25-2)23-15-24(19)14-16-8-7-9-17(22)13-16/h5-10,12-13,15H,3-4,11,14H2,1-2H3. The maximum Gasteiger partial charge on any atom is 0.128 e. The fourth-order valence-corrected chi connectivity index (χ4v) is 3.05. The SMILES string of the molecule is CCCCc1c(-c2ccccc2OC)ncn1Cc1cccc(F)c1. The molecule has 0 unspecified atom stereocenters. The Morgan fingerprint density at radius 1 is 1.12 bits per heavy atom. The largest absolute Gasteiger partial charge is 0.496 e. The van der Waals surface area contributed by atoms with Crippen LogP contribution in [-0.2, 0) is 13.0 Å². The molecule has 25 heavy (non-hydrogen) atoms. The van der Waals surface area contributed by atoms with Crippen LogP contribution in [-0.4, -0.2) is 16.7 Å². The van der Waals surface area contributed by atoms with Crippen LogP contribution < -0.4 is 4.74 Å². The van der Waals surface area contributed by atoms with Crippen molar-refractivity contribution in [2.45, 2.75) is 32.7 Å². The normalized spacial score (nSPS) is 10.8. The highest BCUT2D eigenvalue weighted by Crippen LogP contribution is 2.32. The van der Waals surface area contributed by atoms with Gasteiger partial charge >= 0.3 is 0 Å². The zero-order valence-electron chi connectivity index (χ0n) is 14.7. The molecule has 4 heteroatoms. The Labute approximate surface area is 148 Å². The molecule has 2 aromatic carbocycles. The number of rotatable bonds is 7. The Bertz CT molecular complexity index is 841. The summed E-state index contributed by atoms with van der Waals surface area (Å²) < 4.78 is 21.1. The summed E-state index contributed by atoms with van der Waals surface area (Å²) in [6.07, 6.45) is 4.96. The van der Waals surface area contributed by atoms with Gasteiger partial charge in [-0.15, -0.1) is 0 Å². The number of halogens is 1. The molecule has 0 bridgehead atoms. The predicted molar refractivity (Wildman–Crippen MR) is 98.3 cm³/mol. The highest BCUT2D eigenvalue weighted by atomic mass is 19.1. The van der Waals surface area contributed by atoms with E-state index in [1.165, 1.54) is 6.07 Å². The lowest BCUT2D eigenvalue weighted by atomic mass is 10.1. The summed E-state index contributed by atoms with van der Waals surface area (Å²) in [5, 5.41) is 0. The van der Waals surface area contributed by atoms with Gasteiger partial charge in [0, 0.05) is 17.8 Å². The summed E-state index contributed by atoms with van der Waals surface area (Å²) in [5.74, 6) is 0.605. The van der Waals surface area contributed by atoms with Crippen LogP contribution in [0.15, 0.2) is 54.9 Å². The van der Waals surface area contributed by atoms with E-state index in [4.69, 9.17) is 4.74 Å². The first-order valence-electron chi connectivity index (χ1n) is 8.64. The van der Waals surface area contributed by atoms with E-state index in [1.54, 1.807) is 19.2 Å². The summed E-state index contributed by atoms with van der Waals surface area (Å²) in [5.41, 5.74) is 4.04. The van der Waals surface area contributed by atoms with Gasteiger partial charge in [0.1, 0.15) is 11.6 Å². The number of hydrogen-bond acceptors (Lipinski definition) is 2. The maximum atomic E-state index is 13.5. The third-order valence-electron chi connectivity index (χ3n) is 4.32. The molecule has 0 fully saturated rings. The van der Waals surface area contributed by atoms with Gasteiger partial charge in [-0.25, -0.2) is 9.37 Å². The zero-order valence-corrected chi connectivity index (χ0v) is 14.7. The molecule has 0 saturated heterocycles. The molecule has 0 amide bonds. The van der Waals surface area contributed by atoms with Gasteiger partial charge < -0.3 is 9.30 Å². The van der Waals surface area contributed by atoms with Crippen molar-refractivity contribution in [2.75, 3.05) is 7.11 Å². The number of unbranched alkanes of at least 4 members (excludes halogenated alkanes) is 1. The number of para-hydroxylation sites is 1. The summed E-state index contributed by atoms with van der Waals surface area (Å²) >= 11 is 0. The molecule has 3 rings (SSSR count). The van der Waals surface area contributed by atoms with E-state index in [0.29, 0.717) is 6.54 Å². The molecule has 1 heterocycles. The Kier molecular flexibility index (Phi) is 5.49. The molecular weight excluding hydrogens is 315 g/mol. The average Bonchev–Trinajstić information content (AvgIpc) is 3.02. The Hall–Kier alpha value is -2.62. The molecular formula is C21H23FN2O. The quantitative estimate of drug-likeness (QED) is 0.600. The number of ether oxygens (including phenoxy) is 1. The van der Waals surface area contributed by atoms with Crippen LogP contribution in [0.5, 0.6) is 5.75 Å². The highest BCUT2D eigenvalue weighted by molar-refractivity contribution is 5.69. The van der Waals surface area contributed by atoms with Crippen molar-refractivity contribution in [3.05, 3.63) is 71.9 Å². The second-order valence-corrected chi connectivity index (χ2v) is 6.10. The first-order valence-corrected chi connectivity index (χ1v) is 8.64. The van der Waals surface area contributed by atoms with E-state index in [2.05, 4.69) is 16.5 Å². The van der Waals surface area contributed by atoms with E-state index in [0.717, 1.165) is 47.5 Å². The molecule has 3 nitrogen and oxygen atoms in total. The first kappa shape index (κ1) is 17.2. The minimum absolute atomic E-state index is 0.210. The van der Waals surface area contributed by atoms with E-state index < -0.39 is 0 Å². The summed E-state index contributed by atoms with van der Waals surface area (Å²) in [6, 6.07) is 14.7. The number of aromatic nitrogens is 2. The number of methoxy groups -OCH3 is 1. The lowest BCUT2D eigenvalue weighted by Gasteiger charge is -2.12. The van der Waals surface area contributed by atoms with Gasteiger partial charge in [-0.1, -0.05) is 37.6 Å². The topological polar surface area (TPSA) is 27.1 Å². The first-order chi connectivity index (χ1) is 12.2. The fourth-order valence-electron chi connectivity index (χ4n) is 3.05. The fraction of sp³-hybridized carbons (Fsp3) is 0.286. The predicted octanol–water partition coefficient (Wildman–Crippen LogP) is 5.09. The molecule has 0 aliphatic rings. The number of nitrogens with zero attached hydrogens (tertiary/aromatic N) is 2. The van der Waals surface area contributed by atoms with Gasteiger partial charge in [0.2, 0.25) is 0 Å². The minimum atomic E-state index is -0.210. The monoisotopic (exact) mass is 338 g/mol. The van der Waals surface area contributed by atoms with E-state index in [-0.39, 0.29) is 5.82 Å². The lowest BCUT2D eigenvalue weighted by Crippen LogP contribution is -2.05. The average molecular weight is 338 g/mol. The van der Waals surface area contributed by atoms with Gasteiger partial charge in [0.05, 0.1) is 19.1 Å². The van der Waals surface area contributed by atoms with Gasteiger partial charge in [-0.3, -0.25) is 0 Å². The second-order valence-electron chi connectivity index (χ2n) is 6.10. The summed E-state index contributed by atoms with van der Waals surface area (Å²) in [4.78, 5) is 4.66. The van der Waals surface area contributed by atoms with Crippen molar-refractivity contribution in [3.63, 3.8) is 0 Å². The summed E-state index contributed by atoms with van der Waals surface area (Å²) in [6.45, 7) is 2.79. The van der Waals surface area contributed by atoms with Crippen molar-refractivity contribution in [1.82, 2.24) is 9.55 Å². The van der Waals surface area contributed by atoms with Crippen LogP contribution in [0, 0.1) is 5.82 Å². The molecule has 130 valence electrons. The smallest absolute Gasteiger partial charge is 0.128 e. The van der Waals surface area contributed by atoms with Crippen molar-refractivity contribution >= 4 is 0 Å². The Morgan fingerprint density at radius 3 is 2.72 bits per heavy atom. The van der Waals surface area contributed by atoms with E-state index in [1.807, 2.05) is 36.7 Å². The van der Waals surface area contributed by atoms with E-state index in [9.17, 15) is 4.39 Å². The maximum absolute atomic E-state index is 13.5. The lowest BCUT2D eigenvalue weighted by molar-refractivity contribution is 0.416. The van der Waals surface area contributed by atoms with Gasteiger partial charge in [0.15, 0.2) is 0 Å². The molecule has 0 N–H and O–H groups in total. The minimum Gasteiger partial charge on any atom is -0.496 e. The molecule has 0 aliphatic heterocycles. The summed E-state index contributed by atoms with van der Waals surface area (Å²) in [7, 11) is 1.67. The van der Waals surface area contributed by atoms with Crippen LogP contribution in [0.1, 0.15) is 31.0 Å². The van der Waals surface area contributed by atoms with Crippen molar-refractivity contribution < 1.29 is 9.13 Å². The Balaban J connectivity index is 2.00. The van der Waals surface area contributed by atoms with Crippen molar-refractivity contribution in [2.24, 2.45) is 0 Å². The van der Waals surface area contributed by atoms with Gasteiger partial charge in [-0.2, -0.15) is 0 Å². The molecule has 0 radical (unpaired) electrons. The number of imidazole rings is 1. The molecule has 0 aliphatic carbocycles. The Morgan fingerprint density at radius 2 is 1.96 bits per heavy atom. The van der Waals surface area contributed by atoms with Crippen molar-refractivity contribution in [3.8, 4) is 17.0 Å². The number of hydrogen-bond donors (Lipinski definition) is 0. The van der Waals surface area contributed by atoms with Crippen molar-refractivity contribution in [1.29, 1.82) is 0 Å². The highest BCUT2D eigenvalue weighted by Gasteiger charge is 2.16. The van der Waals surface area contributed by atoms with Crippen LogP contribution in [0.3, 0.4) is 0 Å². The molecule has 0 spiro atoms. The third-order valence-corrected chi connectivity index (χ3v) is 4.32. The van der Waals surface area contributed by atoms with Crippen LogP contribution in [0.25, 0.3) is 11.3 Å². The van der Waals surface area contributed by atoms with Crippen LogP contribution >= 0.6 is 0 Å². The van der Waals surface area contributed by atoms with Gasteiger partial charge in [0.25, 0.3) is 0 Å². The molecule has 1 aromatic heterocycles. The molecule has 0 saturated carbocycles. The zero-order chi connectivity index (χ0) is 17.6. The van der Waals surface area contributed by atoms with E-state index >= 15 is 0 Å². The van der Waals surface area contributed by atoms with Crippen LogP contribution in [0.4, 0.5) is 4.39 Å².